The van der Waals surface area contributed by atoms with Crippen molar-refractivity contribution in [3.63, 3.8) is 0 Å². The second-order valence-electron chi connectivity index (χ2n) is 4.51. The summed E-state index contributed by atoms with van der Waals surface area (Å²) in [5.74, 6) is 0.778. The van der Waals surface area contributed by atoms with Gasteiger partial charge in [0.1, 0.15) is 10.7 Å². The molecule has 0 heterocycles. The van der Waals surface area contributed by atoms with Gasteiger partial charge in [-0.05, 0) is 25.0 Å². The van der Waals surface area contributed by atoms with E-state index in [-0.39, 0.29) is 0 Å². The van der Waals surface area contributed by atoms with Gasteiger partial charge in [0.2, 0.25) is 0 Å². The Kier molecular flexibility index (Phi) is 8.73. The number of benzene rings is 1. The molecule has 5 nitrogen and oxygen atoms in total. The molecule has 0 radical (unpaired) electrons. The maximum atomic E-state index is 5.72. The van der Waals surface area contributed by atoms with Crippen LogP contribution in [0.1, 0.15) is 18.4 Å². The monoisotopic (exact) mass is 312 g/mol. The number of anilines is 1. The van der Waals surface area contributed by atoms with Crippen molar-refractivity contribution in [1.82, 2.24) is 0 Å². The molecule has 0 bridgehead atoms. The molecule has 21 heavy (non-hydrogen) atoms. The quantitative estimate of drug-likeness (QED) is 0.482. The summed E-state index contributed by atoms with van der Waals surface area (Å²) < 4.78 is 15.5. The van der Waals surface area contributed by atoms with Crippen molar-refractivity contribution in [2.24, 2.45) is 5.73 Å². The van der Waals surface area contributed by atoms with Gasteiger partial charge in [0, 0.05) is 37.6 Å². The molecule has 0 fully saturated rings. The maximum absolute atomic E-state index is 5.72. The number of rotatable bonds is 11. The molecule has 0 saturated carbocycles. The van der Waals surface area contributed by atoms with Gasteiger partial charge >= 0.3 is 0 Å². The van der Waals surface area contributed by atoms with E-state index in [1.807, 2.05) is 18.2 Å². The van der Waals surface area contributed by atoms with Crippen molar-refractivity contribution in [1.29, 1.82) is 0 Å². The summed E-state index contributed by atoms with van der Waals surface area (Å²) in [6.45, 7) is 2.85. The topological polar surface area (TPSA) is 65.7 Å². The highest BCUT2D eigenvalue weighted by atomic mass is 32.1. The highest BCUT2D eigenvalue weighted by Gasteiger charge is 2.06. The van der Waals surface area contributed by atoms with Crippen molar-refractivity contribution in [3.8, 4) is 5.75 Å². The third-order valence-corrected chi connectivity index (χ3v) is 3.17. The number of methoxy groups -OCH3 is 2. The second kappa shape index (κ2) is 10.4. The summed E-state index contributed by atoms with van der Waals surface area (Å²) in [5.41, 5.74) is 7.46. The van der Waals surface area contributed by atoms with Crippen LogP contribution in [0.15, 0.2) is 18.2 Å². The van der Waals surface area contributed by atoms with Gasteiger partial charge in [0.05, 0.1) is 20.3 Å². The highest BCUT2D eigenvalue weighted by Crippen LogP contribution is 2.22. The lowest BCUT2D eigenvalue weighted by Gasteiger charge is -2.13. The summed E-state index contributed by atoms with van der Waals surface area (Å²) in [5, 5.41) is 3.34. The number of nitrogens with one attached hydrogen (secondary N) is 1. The van der Waals surface area contributed by atoms with Gasteiger partial charge in [0.25, 0.3) is 0 Å². The van der Waals surface area contributed by atoms with Crippen molar-refractivity contribution in [2.75, 3.05) is 45.9 Å². The average molecular weight is 312 g/mol. The molecule has 0 amide bonds. The highest BCUT2D eigenvalue weighted by molar-refractivity contribution is 7.80. The van der Waals surface area contributed by atoms with Crippen LogP contribution in [0.5, 0.6) is 5.75 Å². The zero-order chi connectivity index (χ0) is 15.5. The van der Waals surface area contributed by atoms with Crippen LogP contribution >= 0.6 is 12.2 Å². The van der Waals surface area contributed by atoms with Gasteiger partial charge < -0.3 is 25.3 Å². The van der Waals surface area contributed by atoms with E-state index in [9.17, 15) is 0 Å². The lowest BCUT2D eigenvalue weighted by Crippen LogP contribution is -2.14. The summed E-state index contributed by atoms with van der Waals surface area (Å²) in [7, 11) is 3.30. The summed E-state index contributed by atoms with van der Waals surface area (Å²) >= 11 is 5.06. The average Bonchev–Trinajstić information content (AvgIpc) is 2.49. The Morgan fingerprint density at radius 1 is 1.19 bits per heavy atom. The van der Waals surface area contributed by atoms with Crippen molar-refractivity contribution < 1.29 is 14.2 Å². The predicted molar refractivity (Wildman–Crippen MR) is 89.3 cm³/mol. The molecule has 0 unspecified atom stereocenters. The van der Waals surface area contributed by atoms with Gasteiger partial charge in [-0.15, -0.1) is 0 Å². The van der Waals surface area contributed by atoms with Crippen molar-refractivity contribution >= 4 is 22.9 Å². The van der Waals surface area contributed by atoms with E-state index in [0.29, 0.717) is 18.2 Å². The molecular formula is C15H24N2O3S. The normalized spacial score (nSPS) is 10.4. The Bertz CT molecular complexity index is 441. The first kappa shape index (κ1) is 17.7. The van der Waals surface area contributed by atoms with Crippen LogP contribution in [0.25, 0.3) is 0 Å². The largest absolute Gasteiger partial charge is 0.497 e. The molecule has 0 aliphatic heterocycles. The van der Waals surface area contributed by atoms with Crippen LogP contribution in [0.4, 0.5) is 5.69 Å². The molecule has 3 N–H and O–H groups in total. The Morgan fingerprint density at radius 2 is 2.00 bits per heavy atom. The van der Waals surface area contributed by atoms with Crippen LogP contribution in [-0.4, -0.2) is 45.6 Å². The Morgan fingerprint density at radius 3 is 2.67 bits per heavy atom. The molecule has 0 spiro atoms. The number of hydrogen-bond acceptors (Lipinski definition) is 5. The lowest BCUT2D eigenvalue weighted by atomic mass is 10.1. The van der Waals surface area contributed by atoms with Gasteiger partial charge in [-0.2, -0.15) is 0 Å². The third kappa shape index (κ3) is 6.75. The molecule has 1 aromatic carbocycles. The third-order valence-electron chi connectivity index (χ3n) is 2.95. The lowest BCUT2D eigenvalue weighted by molar-refractivity contribution is 0.0691. The fourth-order valence-corrected chi connectivity index (χ4v) is 1.99. The zero-order valence-electron chi connectivity index (χ0n) is 12.7. The van der Waals surface area contributed by atoms with E-state index in [4.69, 9.17) is 32.2 Å². The van der Waals surface area contributed by atoms with E-state index >= 15 is 0 Å². The maximum Gasteiger partial charge on any atom is 0.120 e. The predicted octanol–water partition coefficient (Wildman–Crippen LogP) is 2.18. The van der Waals surface area contributed by atoms with E-state index in [1.54, 1.807) is 14.2 Å². The smallest absolute Gasteiger partial charge is 0.120 e. The molecule has 0 atom stereocenters. The molecule has 0 aliphatic rings. The van der Waals surface area contributed by atoms with Crippen LogP contribution in [0.2, 0.25) is 0 Å². The van der Waals surface area contributed by atoms with Gasteiger partial charge in [-0.25, -0.2) is 0 Å². The summed E-state index contributed by atoms with van der Waals surface area (Å²) in [6, 6.07) is 5.63. The van der Waals surface area contributed by atoms with Crippen LogP contribution in [0, 0.1) is 0 Å². The first-order valence-corrected chi connectivity index (χ1v) is 7.38. The van der Waals surface area contributed by atoms with Crippen LogP contribution < -0.4 is 15.8 Å². The van der Waals surface area contributed by atoms with E-state index in [0.717, 1.165) is 43.0 Å². The van der Waals surface area contributed by atoms with Gasteiger partial charge in [-0.1, -0.05) is 12.2 Å². The second-order valence-corrected chi connectivity index (χ2v) is 4.95. The van der Waals surface area contributed by atoms with E-state index < -0.39 is 0 Å². The Balaban J connectivity index is 2.35. The van der Waals surface area contributed by atoms with Gasteiger partial charge in [0.15, 0.2) is 0 Å². The fraction of sp³-hybridized carbons (Fsp3) is 0.533. The number of unbranched alkanes of at least 4 members (excludes halogenated alkanes) is 1. The molecule has 118 valence electrons. The first-order valence-electron chi connectivity index (χ1n) is 6.97. The Labute approximate surface area is 131 Å². The minimum absolute atomic E-state index is 0.378. The van der Waals surface area contributed by atoms with E-state index in [1.165, 1.54) is 0 Å². The van der Waals surface area contributed by atoms with Crippen LogP contribution in [-0.2, 0) is 9.47 Å². The minimum atomic E-state index is 0.378. The van der Waals surface area contributed by atoms with Crippen molar-refractivity contribution in [2.45, 2.75) is 12.8 Å². The molecule has 1 aromatic rings. The standard InChI is InChI=1S/C15H24N2O3S/c1-18-9-10-20-8-4-3-7-17-14-11-12(19-2)5-6-13(14)15(16)21/h5-6,11,17H,3-4,7-10H2,1-2H3,(H2,16,21). The SMILES string of the molecule is COCCOCCCCNc1cc(OC)ccc1C(N)=S. The van der Waals surface area contributed by atoms with E-state index in [2.05, 4.69) is 5.32 Å². The van der Waals surface area contributed by atoms with Crippen molar-refractivity contribution in [3.05, 3.63) is 23.8 Å². The minimum Gasteiger partial charge on any atom is -0.497 e. The number of thiocarbonyl (C=S) groups is 1. The molecule has 0 aliphatic carbocycles. The molecule has 0 saturated heterocycles. The Hall–Kier alpha value is -1.37. The number of hydrogen-bond donors (Lipinski definition) is 2. The van der Waals surface area contributed by atoms with Gasteiger partial charge in [-0.3, -0.25) is 0 Å². The van der Waals surface area contributed by atoms with Crippen LogP contribution in [0.3, 0.4) is 0 Å². The number of nitrogens with two attached hydrogens (primary N) is 1. The number of ether oxygens (including phenoxy) is 3. The molecular weight excluding hydrogens is 288 g/mol. The zero-order valence-corrected chi connectivity index (χ0v) is 13.5. The molecule has 1 rings (SSSR count). The summed E-state index contributed by atoms with van der Waals surface area (Å²) in [4.78, 5) is 0.378. The fourth-order valence-electron chi connectivity index (χ4n) is 1.81. The first-order chi connectivity index (χ1) is 10.2. The molecule has 0 aromatic heterocycles. The summed E-state index contributed by atoms with van der Waals surface area (Å²) in [6.07, 6.45) is 1.99. The molecule has 6 heteroatoms.